The number of nitrogens with zero attached hydrogens (tertiary/aromatic N) is 3. The Morgan fingerprint density at radius 2 is 1.91 bits per heavy atom. The van der Waals surface area contributed by atoms with Crippen LogP contribution in [0.1, 0.15) is 6.92 Å². The predicted octanol–water partition coefficient (Wildman–Crippen LogP) is 4.09. The van der Waals surface area contributed by atoms with Gasteiger partial charge in [-0.25, -0.2) is 4.98 Å². The number of carbonyl (C=O) groups is 1. The number of ether oxygens (including phenoxy) is 3. The van der Waals surface area contributed by atoms with Gasteiger partial charge in [0.05, 0.1) is 30.0 Å². The van der Waals surface area contributed by atoms with Crippen LogP contribution in [-0.4, -0.2) is 68.4 Å². The molecule has 1 amide bonds. The first-order chi connectivity index (χ1) is 15.6. The highest BCUT2D eigenvalue weighted by Gasteiger charge is 2.22. The van der Waals surface area contributed by atoms with Crippen molar-refractivity contribution in [2.45, 2.75) is 6.92 Å². The minimum atomic E-state index is -0.141. The minimum Gasteiger partial charge on any atom is -0.494 e. The summed E-state index contributed by atoms with van der Waals surface area (Å²) in [5.41, 5.74) is 0.844. The summed E-state index contributed by atoms with van der Waals surface area (Å²) in [4.78, 5) is 21.9. The fourth-order valence-electron chi connectivity index (χ4n) is 3.41. The van der Waals surface area contributed by atoms with Crippen molar-refractivity contribution in [1.29, 1.82) is 0 Å². The Balaban J connectivity index is 1.51. The Bertz CT molecular complexity index is 1040. The molecule has 0 unspecified atom stereocenters. The molecule has 170 valence electrons. The third-order valence-corrected chi connectivity index (χ3v) is 6.40. The molecule has 1 fully saturated rings. The maximum Gasteiger partial charge on any atom is 0.266 e. The number of amides is 1. The molecular weight excluding hydrogens is 450 g/mol. The number of halogens is 1. The Morgan fingerprint density at radius 3 is 2.66 bits per heavy atom. The van der Waals surface area contributed by atoms with Crippen LogP contribution < -0.4 is 14.4 Å². The van der Waals surface area contributed by atoms with Crippen molar-refractivity contribution in [2.24, 2.45) is 0 Å². The maximum absolute atomic E-state index is 13.2. The van der Waals surface area contributed by atoms with Crippen molar-refractivity contribution in [3.05, 3.63) is 47.5 Å². The van der Waals surface area contributed by atoms with Crippen LogP contribution in [0.2, 0.25) is 5.02 Å². The number of aromatic nitrogens is 1. The lowest BCUT2D eigenvalue weighted by molar-refractivity contribution is -0.120. The summed E-state index contributed by atoms with van der Waals surface area (Å²) in [5, 5.41) is 1.28. The molecule has 0 saturated carbocycles. The molecule has 0 atom stereocenters. The van der Waals surface area contributed by atoms with Gasteiger partial charge in [0, 0.05) is 31.2 Å². The van der Waals surface area contributed by atoms with Crippen LogP contribution >= 0.6 is 22.9 Å². The van der Waals surface area contributed by atoms with Crippen LogP contribution in [0.15, 0.2) is 42.5 Å². The number of anilines is 1. The highest BCUT2D eigenvalue weighted by Crippen LogP contribution is 2.31. The van der Waals surface area contributed by atoms with Gasteiger partial charge in [-0.3, -0.25) is 14.6 Å². The van der Waals surface area contributed by atoms with Crippen LogP contribution in [0.25, 0.3) is 10.2 Å². The van der Waals surface area contributed by atoms with E-state index in [9.17, 15) is 4.79 Å². The predicted molar refractivity (Wildman–Crippen MR) is 127 cm³/mol. The number of morpholine rings is 1. The number of rotatable bonds is 9. The van der Waals surface area contributed by atoms with Gasteiger partial charge < -0.3 is 14.2 Å². The zero-order valence-electron chi connectivity index (χ0n) is 18.0. The number of hydrogen-bond donors (Lipinski definition) is 0. The van der Waals surface area contributed by atoms with Gasteiger partial charge in [-0.2, -0.15) is 0 Å². The monoisotopic (exact) mass is 475 g/mol. The molecule has 0 bridgehead atoms. The lowest BCUT2D eigenvalue weighted by atomic mass is 10.3. The van der Waals surface area contributed by atoms with E-state index in [2.05, 4.69) is 4.90 Å². The van der Waals surface area contributed by atoms with E-state index < -0.39 is 0 Å². The third-order valence-electron chi connectivity index (χ3n) is 5.11. The van der Waals surface area contributed by atoms with Gasteiger partial charge in [-0.1, -0.05) is 22.9 Å². The molecule has 1 aliphatic heterocycles. The second-order valence-corrected chi connectivity index (χ2v) is 8.75. The average Bonchev–Trinajstić information content (AvgIpc) is 3.23. The van der Waals surface area contributed by atoms with E-state index in [1.165, 1.54) is 11.3 Å². The molecule has 7 nitrogen and oxygen atoms in total. The van der Waals surface area contributed by atoms with Gasteiger partial charge in [-0.15, -0.1) is 0 Å². The van der Waals surface area contributed by atoms with E-state index in [-0.39, 0.29) is 12.5 Å². The van der Waals surface area contributed by atoms with Crippen molar-refractivity contribution >= 4 is 44.2 Å². The summed E-state index contributed by atoms with van der Waals surface area (Å²) in [6.07, 6.45) is 0. The van der Waals surface area contributed by atoms with Crippen molar-refractivity contribution in [3.8, 4) is 11.5 Å². The van der Waals surface area contributed by atoms with Crippen molar-refractivity contribution < 1.29 is 19.0 Å². The molecule has 32 heavy (non-hydrogen) atoms. The first-order valence-corrected chi connectivity index (χ1v) is 11.8. The smallest absolute Gasteiger partial charge is 0.266 e. The summed E-state index contributed by atoms with van der Waals surface area (Å²) in [6, 6.07) is 12.8. The standard InChI is InChI=1S/C23H26ClN3O4S/c1-2-30-19-7-8-20-21(15-19)32-23(25-20)27(10-9-26-11-13-29-14-12-26)22(28)16-31-18-5-3-17(24)4-6-18/h3-8,15H,2,9-14,16H2,1H3. The highest BCUT2D eigenvalue weighted by atomic mass is 35.5. The molecule has 0 N–H and O–H groups in total. The van der Waals surface area contributed by atoms with Crippen LogP contribution in [0.4, 0.5) is 5.13 Å². The molecule has 3 aromatic rings. The van der Waals surface area contributed by atoms with Gasteiger partial charge in [0.1, 0.15) is 11.5 Å². The Hall–Kier alpha value is -2.39. The summed E-state index contributed by atoms with van der Waals surface area (Å²) in [7, 11) is 0. The second kappa shape index (κ2) is 11.0. The first-order valence-electron chi connectivity index (χ1n) is 10.6. The van der Waals surface area contributed by atoms with Gasteiger partial charge in [-0.05, 0) is 49.4 Å². The summed E-state index contributed by atoms with van der Waals surface area (Å²) in [6.45, 7) is 6.91. The van der Waals surface area contributed by atoms with Crippen molar-refractivity contribution in [2.75, 3.05) is 57.5 Å². The Kier molecular flexibility index (Phi) is 7.81. The van der Waals surface area contributed by atoms with Crippen molar-refractivity contribution in [1.82, 2.24) is 9.88 Å². The van der Waals surface area contributed by atoms with Crippen LogP contribution in [0, 0.1) is 0 Å². The summed E-state index contributed by atoms with van der Waals surface area (Å²) in [5.74, 6) is 1.26. The Labute approximate surface area is 196 Å². The van der Waals surface area contributed by atoms with E-state index in [0.29, 0.717) is 29.1 Å². The van der Waals surface area contributed by atoms with Gasteiger partial charge in [0.2, 0.25) is 0 Å². The molecule has 0 aliphatic carbocycles. The Morgan fingerprint density at radius 1 is 1.16 bits per heavy atom. The number of thiazole rings is 1. The van der Waals surface area contributed by atoms with E-state index >= 15 is 0 Å². The fourth-order valence-corrected chi connectivity index (χ4v) is 4.58. The van der Waals surface area contributed by atoms with Crippen LogP contribution in [-0.2, 0) is 9.53 Å². The third kappa shape index (κ3) is 5.89. The molecule has 2 heterocycles. The minimum absolute atomic E-state index is 0.0785. The molecule has 0 radical (unpaired) electrons. The largest absolute Gasteiger partial charge is 0.494 e. The zero-order valence-corrected chi connectivity index (χ0v) is 19.5. The molecule has 1 saturated heterocycles. The van der Waals surface area contributed by atoms with Crippen LogP contribution in [0.3, 0.4) is 0 Å². The van der Waals surface area contributed by atoms with Crippen molar-refractivity contribution in [3.63, 3.8) is 0 Å². The molecule has 4 rings (SSSR count). The zero-order chi connectivity index (χ0) is 22.3. The topological polar surface area (TPSA) is 64.1 Å². The molecule has 2 aromatic carbocycles. The fraction of sp³-hybridized carbons (Fsp3) is 0.391. The normalized spacial score (nSPS) is 14.4. The van der Waals surface area contributed by atoms with E-state index in [1.54, 1.807) is 29.2 Å². The first kappa shape index (κ1) is 22.8. The van der Waals surface area contributed by atoms with Gasteiger partial charge in [0.25, 0.3) is 5.91 Å². The van der Waals surface area contributed by atoms with Crippen LogP contribution in [0.5, 0.6) is 11.5 Å². The lowest BCUT2D eigenvalue weighted by Crippen LogP contribution is -2.44. The molecule has 1 aliphatic rings. The molecular formula is C23H26ClN3O4S. The van der Waals surface area contributed by atoms with E-state index in [4.69, 9.17) is 30.8 Å². The average molecular weight is 476 g/mol. The SMILES string of the molecule is CCOc1ccc2nc(N(CCN3CCOCC3)C(=O)COc3ccc(Cl)cc3)sc2c1. The lowest BCUT2D eigenvalue weighted by Gasteiger charge is -2.29. The number of carbonyl (C=O) groups excluding carboxylic acids is 1. The number of fused-ring (bicyclic) bond motifs is 1. The number of hydrogen-bond acceptors (Lipinski definition) is 7. The van der Waals surface area contributed by atoms with E-state index in [1.807, 2.05) is 25.1 Å². The molecule has 1 aromatic heterocycles. The maximum atomic E-state index is 13.2. The van der Waals surface area contributed by atoms with Gasteiger partial charge >= 0.3 is 0 Å². The molecule has 0 spiro atoms. The summed E-state index contributed by atoms with van der Waals surface area (Å²) >= 11 is 7.41. The second-order valence-electron chi connectivity index (χ2n) is 7.30. The quantitative estimate of drug-likeness (QED) is 0.464. The number of benzene rings is 2. The summed E-state index contributed by atoms with van der Waals surface area (Å²) < 4.78 is 17.7. The molecule has 9 heteroatoms. The van der Waals surface area contributed by atoms with E-state index in [0.717, 1.165) is 48.8 Å². The van der Waals surface area contributed by atoms with Gasteiger partial charge in [0.15, 0.2) is 11.7 Å². The highest BCUT2D eigenvalue weighted by molar-refractivity contribution is 7.22.